The molecule has 0 aliphatic carbocycles. The molecule has 2 heterocycles. The van der Waals surface area contributed by atoms with Gasteiger partial charge < -0.3 is 10.1 Å². The van der Waals surface area contributed by atoms with Gasteiger partial charge in [-0.15, -0.1) is 0 Å². The van der Waals surface area contributed by atoms with E-state index in [0.29, 0.717) is 17.9 Å². The van der Waals surface area contributed by atoms with Gasteiger partial charge in [-0.2, -0.15) is 16.7 Å². The van der Waals surface area contributed by atoms with E-state index in [1.165, 1.54) is 18.6 Å². The molecule has 1 atom stereocenters. The first-order valence-electron chi connectivity index (χ1n) is 5.10. The molecule has 1 fully saturated rings. The zero-order chi connectivity index (χ0) is 10.5. The summed E-state index contributed by atoms with van der Waals surface area (Å²) in [7, 11) is 1.61. The molecule has 82 valence electrons. The molecular weight excluding hydrogens is 210 g/mol. The van der Waals surface area contributed by atoms with Crippen LogP contribution in [0.3, 0.4) is 0 Å². The topological polar surface area (TPSA) is 47.0 Å². The zero-order valence-corrected chi connectivity index (χ0v) is 9.59. The van der Waals surface area contributed by atoms with Crippen LogP contribution in [-0.4, -0.2) is 34.6 Å². The van der Waals surface area contributed by atoms with Gasteiger partial charge in [-0.05, 0) is 18.6 Å². The Morgan fingerprint density at radius 3 is 3.27 bits per heavy atom. The summed E-state index contributed by atoms with van der Waals surface area (Å²) in [4.78, 5) is 8.40. The van der Waals surface area contributed by atoms with Crippen LogP contribution in [0.2, 0.25) is 0 Å². The number of methoxy groups -OCH3 is 1. The van der Waals surface area contributed by atoms with Gasteiger partial charge in [-0.1, -0.05) is 0 Å². The van der Waals surface area contributed by atoms with Gasteiger partial charge in [0.05, 0.1) is 7.11 Å². The number of hydrogen-bond acceptors (Lipinski definition) is 5. The molecular formula is C10H15N3OS. The minimum Gasteiger partial charge on any atom is -0.481 e. The Morgan fingerprint density at radius 2 is 2.53 bits per heavy atom. The number of hydrogen-bond donors (Lipinski definition) is 1. The molecule has 4 nitrogen and oxygen atoms in total. The minimum atomic E-state index is 0.496. The first kappa shape index (κ1) is 10.5. The predicted octanol–water partition coefficient (Wildman–Crippen LogP) is 1.79. The van der Waals surface area contributed by atoms with E-state index in [-0.39, 0.29) is 0 Å². The maximum absolute atomic E-state index is 5.05. The van der Waals surface area contributed by atoms with E-state index < -0.39 is 0 Å². The second kappa shape index (κ2) is 5.21. The van der Waals surface area contributed by atoms with E-state index >= 15 is 0 Å². The highest BCUT2D eigenvalue weighted by molar-refractivity contribution is 7.99. The van der Waals surface area contributed by atoms with Crippen LogP contribution >= 0.6 is 11.8 Å². The minimum absolute atomic E-state index is 0.496. The Balaban J connectivity index is 1.96. The maximum Gasteiger partial charge on any atom is 0.226 e. The Kier molecular flexibility index (Phi) is 3.66. The van der Waals surface area contributed by atoms with E-state index in [9.17, 15) is 0 Å². The van der Waals surface area contributed by atoms with Crippen molar-refractivity contribution in [1.29, 1.82) is 0 Å². The third kappa shape index (κ3) is 2.99. The van der Waals surface area contributed by atoms with Gasteiger partial charge in [-0.3, -0.25) is 0 Å². The molecule has 1 N–H and O–H groups in total. The summed E-state index contributed by atoms with van der Waals surface area (Å²) < 4.78 is 5.05. The number of anilines is 1. The van der Waals surface area contributed by atoms with Gasteiger partial charge in [0.2, 0.25) is 11.8 Å². The van der Waals surface area contributed by atoms with Crippen LogP contribution in [0, 0.1) is 0 Å². The summed E-state index contributed by atoms with van der Waals surface area (Å²) in [5.41, 5.74) is 0. The first-order chi connectivity index (χ1) is 7.38. The summed E-state index contributed by atoms with van der Waals surface area (Å²) in [6, 6.07) is 2.25. The average molecular weight is 225 g/mol. The monoisotopic (exact) mass is 225 g/mol. The van der Waals surface area contributed by atoms with Crippen LogP contribution in [0.15, 0.2) is 12.3 Å². The largest absolute Gasteiger partial charge is 0.481 e. The van der Waals surface area contributed by atoms with Crippen molar-refractivity contribution in [2.75, 3.05) is 23.9 Å². The van der Waals surface area contributed by atoms with E-state index in [1.807, 2.05) is 11.8 Å². The van der Waals surface area contributed by atoms with Gasteiger partial charge in [0.15, 0.2) is 0 Å². The summed E-state index contributed by atoms with van der Waals surface area (Å²) in [5, 5.41) is 3.33. The predicted molar refractivity (Wildman–Crippen MR) is 62.6 cm³/mol. The summed E-state index contributed by atoms with van der Waals surface area (Å²) >= 11 is 1.98. The van der Waals surface area contributed by atoms with Crippen molar-refractivity contribution < 1.29 is 4.74 Å². The zero-order valence-electron chi connectivity index (χ0n) is 8.77. The van der Waals surface area contributed by atoms with Crippen LogP contribution in [0.4, 0.5) is 5.95 Å². The number of thioether (sulfide) groups is 1. The quantitative estimate of drug-likeness (QED) is 0.850. The molecule has 0 radical (unpaired) electrons. The Labute approximate surface area is 93.8 Å². The number of nitrogens with one attached hydrogen (secondary N) is 1. The van der Waals surface area contributed by atoms with E-state index in [0.717, 1.165) is 5.75 Å². The molecule has 1 aromatic rings. The molecule has 0 amide bonds. The molecule has 5 heteroatoms. The van der Waals surface area contributed by atoms with Crippen molar-refractivity contribution in [2.24, 2.45) is 0 Å². The lowest BCUT2D eigenvalue weighted by atomic mass is 10.2. The van der Waals surface area contributed by atoms with E-state index in [2.05, 4.69) is 15.3 Å². The van der Waals surface area contributed by atoms with Crippen molar-refractivity contribution in [2.45, 2.75) is 18.9 Å². The molecule has 15 heavy (non-hydrogen) atoms. The lowest BCUT2D eigenvalue weighted by molar-refractivity contribution is 0.397. The van der Waals surface area contributed by atoms with Gasteiger partial charge in [0.1, 0.15) is 0 Å². The Hall–Kier alpha value is -0.970. The van der Waals surface area contributed by atoms with Gasteiger partial charge >= 0.3 is 0 Å². The maximum atomic E-state index is 5.05. The molecule has 2 rings (SSSR count). The Bertz CT molecular complexity index is 315. The summed E-state index contributed by atoms with van der Waals surface area (Å²) in [6.07, 6.45) is 4.18. The fourth-order valence-electron chi connectivity index (χ4n) is 1.56. The molecule has 0 bridgehead atoms. The highest BCUT2D eigenvalue weighted by Gasteiger charge is 2.14. The normalized spacial score (nSPS) is 21.0. The van der Waals surface area contributed by atoms with Crippen LogP contribution in [0.25, 0.3) is 0 Å². The van der Waals surface area contributed by atoms with Gasteiger partial charge in [-0.25, -0.2) is 4.98 Å². The van der Waals surface area contributed by atoms with Crippen LogP contribution in [0.1, 0.15) is 12.8 Å². The van der Waals surface area contributed by atoms with Crippen LogP contribution < -0.4 is 10.1 Å². The number of aromatic nitrogens is 2. The van der Waals surface area contributed by atoms with Gasteiger partial charge in [0.25, 0.3) is 0 Å². The molecule has 1 unspecified atom stereocenters. The molecule has 0 spiro atoms. The average Bonchev–Trinajstić information content (AvgIpc) is 2.31. The lowest BCUT2D eigenvalue weighted by Crippen LogP contribution is -2.26. The summed E-state index contributed by atoms with van der Waals surface area (Å²) in [5.74, 6) is 3.69. The van der Waals surface area contributed by atoms with Crippen molar-refractivity contribution in [1.82, 2.24) is 9.97 Å². The number of nitrogens with zero attached hydrogens (tertiary/aromatic N) is 2. The lowest BCUT2D eigenvalue weighted by Gasteiger charge is -2.22. The second-order valence-electron chi connectivity index (χ2n) is 3.48. The summed E-state index contributed by atoms with van der Waals surface area (Å²) in [6.45, 7) is 0. The highest BCUT2D eigenvalue weighted by atomic mass is 32.2. The van der Waals surface area contributed by atoms with Crippen LogP contribution in [0.5, 0.6) is 5.88 Å². The van der Waals surface area contributed by atoms with Crippen LogP contribution in [-0.2, 0) is 0 Å². The number of rotatable bonds is 3. The molecule has 0 aromatic carbocycles. The van der Waals surface area contributed by atoms with Gasteiger partial charge in [0, 0.05) is 24.1 Å². The second-order valence-corrected chi connectivity index (χ2v) is 4.63. The SMILES string of the molecule is COc1ccnc(NC2CCCSC2)n1. The Morgan fingerprint density at radius 1 is 1.60 bits per heavy atom. The number of ether oxygens (including phenoxy) is 1. The van der Waals surface area contributed by atoms with Crippen molar-refractivity contribution in [3.05, 3.63) is 12.3 Å². The molecule has 1 aromatic heterocycles. The molecule has 0 saturated carbocycles. The molecule has 1 saturated heterocycles. The van der Waals surface area contributed by atoms with E-state index in [4.69, 9.17) is 4.74 Å². The van der Waals surface area contributed by atoms with Crippen molar-refractivity contribution >= 4 is 17.7 Å². The smallest absolute Gasteiger partial charge is 0.226 e. The van der Waals surface area contributed by atoms with E-state index in [1.54, 1.807) is 19.4 Å². The standard InChI is InChI=1S/C10H15N3OS/c1-14-9-4-5-11-10(13-9)12-8-3-2-6-15-7-8/h4-5,8H,2-3,6-7H2,1H3,(H,11,12,13). The third-order valence-electron chi connectivity index (χ3n) is 2.33. The third-order valence-corrected chi connectivity index (χ3v) is 3.55. The van der Waals surface area contributed by atoms with Crippen molar-refractivity contribution in [3.8, 4) is 5.88 Å². The molecule has 1 aliphatic rings. The fraction of sp³-hybridized carbons (Fsp3) is 0.600. The van der Waals surface area contributed by atoms with Crippen molar-refractivity contribution in [3.63, 3.8) is 0 Å². The first-order valence-corrected chi connectivity index (χ1v) is 6.25. The fourth-order valence-corrected chi connectivity index (χ4v) is 2.63. The highest BCUT2D eigenvalue weighted by Crippen LogP contribution is 2.19. The molecule has 1 aliphatic heterocycles.